The first-order valence-electron chi connectivity index (χ1n) is 7.00. The molecule has 22 heavy (non-hydrogen) atoms. The topological polar surface area (TPSA) is 66.9 Å². The van der Waals surface area contributed by atoms with Crippen molar-refractivity contribution in [1.29, 1.82) is 0 Å². The zero-order chi connectivity index (χ0) is 16.1. The number of aryl methyl sites for hydroxylation is 2. The van der Waals surface area contributed by atoms with Crippen LogP contribution in [0.2, 0.25) is 0 Å². The summed E-state index contributed by atoms with van der Waals surface area (Å²) in [6.07, 6.45) is 0. The van der Waals surface area contributed by atoms with Gasteiger partial charge in [-0.3, -0.25) is 4.79 Å². The monoisotopic (exact) mass is 336 g/mol. The van der Waals surface area contributed by atoms with Crippen LogP contribution in [-0.4, -0.2) is 28.9 Å². The van der Waals surface area contributed by atoms with Crippen molar-refractivity contribution < 1.29 is 4.79 Å². The third kappa shape index (κ3) is 4.45. The van der Waals surface area contributed by atoms with Crippen LogP contribution in [0.3, 0.4) is 0 Å². The highest BCUT2D eigenvalue weighted by molar-refractivity contribution is 8.01. The van der Waals surface area contributed by atoms with Gasteiger partial charge in [0.25, 0.3) is 0 Å². The van der Waals surface area contributed by atoms with E-state index < -0.39 is 0 Å². The molecule has 5 nitrogen and oxygen atoms in total. The SMILES string of the molecule is CNc1nnc(SCC(=O)N[C@H](C)c2ccc(C)c(C)c2)s1. The van der Waals surface area contributed by atoms with Crippen molar-refractivity contribution in [3.63, 3.8) is 0 Å². The van der Waals surface area contributed by atoms with E-state index in [1.807, 2.05) is 6.92 Å². The molecule has 1 atom stereocenters. The van der Waals surface area contributed by atoms with Gasteiger partial charge in [0.2, 0.25) is 11.0 Å². The van der Waals surface area contributed by atoms with Gasteiger partial charge in [0, 0.05) is 7.05 Å². The smallest absolute Gasteiger partial charge is 0.230 e. The van der Waals surface area contributed by atoms with Crippen LogP contribution in [0.5, 0.6) is 0 Å². The highest BCUT2D eigenvalue weighted by atomic mass is 32.2. The summed E-state index contributed by atoms with van der Waals surface area (Å²) in [5.41, 5.74) is 3.62. The average Bonchev–Trinajstić information content (AvgIpc) is 2.96. The van der Waals surface area contributed by atoms with Crippen molar-refractivity contribution >= 4 is 34.1 Å². The Balaban J connectivity index is 1.86. The van der Waals surface area contributed by atoms with E-state index in [4.69, 9.17) is 0 Å². The minimum Gasteiger partial charge on any atom is -0.363 e. The molecule has 0 fully saturated rings. The van der Waals surface area contributed by atoms with Crippen LogP contribution in [0.1, 0.15) is 29.7 Å². The highest BCUT2D eigenvalue weighted by Crippen LogP contribution is 2.25. The fourth-order valence-electron chi connectivity index (χ4n) is 1.90. The van der Waals surface area contributed by atoms with Gasteiger partial charge in [0.1, 0.15) is 0 Å². The number of carbonyl (C=O) groups is 1. The van der Waals surface area contributed by atoms with E-state index in [2.05, 4.69) is 52.9 Å². The molecule has 0 bridgehead atoms. The second kappa shape index (κ2) is 7.60. The molecule has 0 radical (unpaired) electrons. The first-order valence-corrected chi connectivity index (χ1v) is 8.80. The Morgan fingerprint density at radius 1 is 1.32 bits per heavy atom. The van der Waals surface area contributed by atoms with E-state index in [1.165, 1.54) is 34.2 Å². The van der Waals surface area contributed by atoms with E-state index in [0.717, 1.165) is 15.0 Å². The van der Waals surface area contributed by atoms with Crippen molar-refractivity contribution in [2.24, 2.45) is 0 Å². The number of hydrogen-bond donors (Lipinski definition) is 2. The van der Waals surface area contributed by atoms with Crippen LogP contribution in [0.15, 0.2) is 22.5 Å². The molecule has 0 unspecified atom stereocenters. The fraction of sp³-hybridized carbons (Fsp3) is 0.400. The number of amides is 1. The second-order valence-electron chi connectivity index (χ2n) is 5.04. The average molecular weight is 336 g/mol. The summed E-state index contributed by atoms with van der Waals surface area (Å²) in [7, 11) is 1.80. The molecule has 0 aliphatic carbocycles. The highest BCUT2D eigenvalue weighted by Gasteiger charge is 2.12. The van der Waals surface area contributed by atoms with E-state index >= 15 is 0 Å². The zero-order valence-corrected chi connectivity index (χ0v) is 14.8. The van der Waals surface area contributed by atoms with Crippen molar-refractivity contribution in [2.45, 2.75) is 31.2 Å². The molecule has 0 saturated heterocycles. The van der Waals surface area contributed by atoms with Crippen LogP contribution < -0.4 is 10.6 Å². The van der Waals surface area contributed by atoms with Crippen molar-refractivity contribution in [3.05, 3.63) is 34.9 Å². The Bertz CT molecular complexity index is 657. The van der Waals surface area contributed by atoms with E-state index in [9.17, 15) is 4.79 Å². The summed E-state index contributed by atoms with van der Waals surface area (Å²) in [5, 5.41) is 14.7. The first-order chi connectivity index (χ1) is 10.5. The van der Waals surface area contributed by atoms with Crippen LogP contribution in [0.25, 0.3) is 0 Å². The van der Waals surface area contributed by atoms with E-state index in [0.29, 0.717) is 5.75 Å². The second-order valence-corrected chi connectivity index (χ2v) is 7.24. The van der Waals surface area contributed by atoms with Gasteiger partial charge >= 0.3 is 0 Å². The van der Waals surface area contributed by atoms with Gasteiger partial charge in [-0.2, -0.15) is 0 Å². The molecule has 0 aliphatic heterocycles. The number of nitrogens with zero attached hydrogens (tertiary/aromatic N) is 2. The fourth-order valence-corrected chi connectivity index (χ4v) is 3.41. The molecule has 2 N–H and O–H groups in total. The first kappa shape index (κ1) is 16.8. The quantitative estimate of drug-likeness (QED) is 0.793. The van der Waals surface area contributed by atoms with Gasteiger partial charge in [0.15, 0.2) is 4.34 Å². The maximum absolute atomic E-state index is 12.0. The standard InChI is InChI=1S/C15H20N4OS2/c1-9-5-6-12(7-10(9)2)11(3)17-13(20)8-21-15-19-18-14(16-4)22-15/h5-7,11H,8H2,1-4H3,(H,16,18)(H,17,20)/t11-/m1/s1. The summed E-state index contributed by atoms with van der Waals surface area (Å²) >= 11 is 2.84. The summed E-state index contributed by atoms with van der Waals surface area (Å²) in [6, 6.07) is 6.26. The molecular formula is C15H20N4OS2. The van der Waals surface area contributed by atoms with Crippen molar-refractivity contribution in [1.82, 2.24) is 15.5 Å². The van der Waals surface area contributed by atoms with Crippen LogP contribution in [0.4, 0.5) is 5.13 Å². The van der Waals surface area contributed by atoms with Gasteiger partial charge in [-0.15, -0.1) is 10.2 Å². The normalized spacial score (nSPS) is 12.0. The molecule has 2 rings (SSSR count). The third-order valence-electron chi connectivity index (χ3n) is 3.36. The van der Waals surface area contributed by atoms with E-state index in [-0.39, 0.29) is 11.9 Å². The molecular weight excluding hydrogens is 316 g/mol. The number of aromatic nitrogens is 2. The maximum atomic E-state index is 12.0. The van der Waals surface area contributed by atoms with Crippen LogP contribution in [0, 0.1) is 13.8 Å². The molecule has 0 aliphatic rings. The Hall–Kier alpha value is -1.60. The molecule has 1 aromatic heterocycles. The number of thioether (sulfide) groups is 1. The largest absolute Gasteiger partial charge is 0.363 e. The zero-order valence-electron chi connectivity index (χ0n) is 13.1. The molecule has 1 aromatic carbocycles. The number of hydrogen-bond acceptors (Lipinski definition) is 6. The van der Waals surface area contributed by atoms with Gasteiger partial charge in [-0.1, -0.05) is 41.3 Å². The predicted molar refractivity (Wildman–Crippen MR) is 92.7 cm³/mol. The lowest BCUT2D eigenvalue weighted by molar-refractivity contribution is -0.119. The van der Waals surface area contributed by atoms with Gasteiger partial charge in [-0.25, -0.2) is 0 Å². The molecule has 0 saturated carbocycles. The summed E-state index contributed by atoms with van der Waals surface area (Å²) in [6.45, 7) is 6.16. The maximum Gasteiger partial charge on any atom is 0.230 e. The molecule has 7 heteroatoms. The van der Waals surface area contributed by atoms with Crippen LogP contribution in [-0.2, 0) is 4.79 Å². The lowest BCUT2D eigenvalue weighted by Crippen LogP contribution is -2.28. The van der Waals surface area contributed by atoms with Crippen molar-refractivity contribution in [3.8, 4) is 0 Å². The van der Waals surface area contributed by atoms with Gasteiger partial charge in [0.05, 0.1) is 11.8 Å². The molecule has 0 spiro atoms. The van der Waals surface area contributed by atoms with E-state index in [1.54, 1.807) is 7.05 Å². The number of anilines is 1. The summed E-state index contributed by atoms with van der Waals surface area (Å²) in [5.74, 6) is 0.338. The molecule has 118 valence electrons. The number of carbonyl (C=O) groups excluding carboxylic acids is 1. The van der Waals surface area contributed by atoms with Crippen molar-refractivity contribution in [2.75, 3.05) is 18.1 Å². The Morgan fingerprint density at radius 2 is 2.09 bits per heavy atom. The van der Waals surface area contributed by atoms with Crippen LogP contribution >= 0.6 is 23.1 Å². The lowest BCUT2D eigenvalue weighted by Gasteiger charge is -2.15. The molecule has 1 heterocycles. The molecule has 1 amide bonds. The lowest BCUT2D eigenvalue weighted by atomic mass is 10.0. The van der Waals surface area contributed by atoms with Gasteiger partial charge < -0.3 is 10.6 Å². The van der Waals surface area contributed by atoms with Gasteiger partial charge in [-0.05, 0) is 37.5 Å². The summed E-state index contributed by atoms with van der Waals surface area (Å²) in [4.78, 5) is 12.0. The number of rotatable bonds is 6. The number of nitrogens with one attached hydrogen (secondary N) is 2. The minimum atomic E-state index is -0.00492. The Morgan fingerprint density at radius 3 is 2.73 bits per heavy atom. The molecule has 2 aromatic rings. The Labute approximate surface area is 138 Å². The minimum absolute atomic E-state index is 0.00284. The number of benzene rings is 1. The predicted octanol–water partition coefficient (Wildman–Crippen LogP) is 3.17. The Kier molecular flexibility index (Phi) is 5.79. The third-order valence-corrected chi connectivity index (χ3v) is 5.43. The summed E-state index contributed by atoms with van der Waals surface area (Å²) < 4.78 is 0.790.